The lowest BCUT2D eigenvalue weighted by molar-refractivity contribution is -0.152. The molecule has 0 unspecified atom stereocenters. The first-order valence-corrected chi connectivity index (χ1v) is 16.0. The van der Waals surface area contributed by atoms with Gasteiger partial charge in [-0.3, -0.25) is 19.2 Å². The van der Waals surface area contributed by atoms with Crippen molar-refractivity contribution in [2.24, 2.45) is 28.6 Å². The van der Waals surface area contributed by atoms with Crippen molar-refractivity contribution in [2.45, 2.75) is 78.4 Å². The molecular formula is C30H45N5O5S. The Labute approximate surface area is 247 Å². The Bertz CT molecular complexity index is 1170. The van der Waals surface area contributed by atoms with Gasteiger partial charge in [-0.05, 0) is 44.4 Å². The molecule has 0 radical (unpaired) electrons. The van der Waals surface area contributed by atoms with Crippen LogP contribution in [0.3, 0.4) is 0 Å². The van der Waals surface area contributed by atoms with Crippen molar-refractivity contribution >= 4 is 35.0 Å². The number of aromatic nitrogens is 1. The van der Waals surface area contributed by atoms with E-state index in [1.807, 2.05) is 18.7 Å². The summed E-state index contributed by atoms with van der Waals surface area (Å²) in [6, 6.07) is -0.855. The zero-order chi connectivity index (χ0) is 29.5. The molecule has 3 heterocycles. The minimum atomic E-state index is -0.855. The normalized spacial score (nSPS) is 26.3. The Morgan fingerprint density at radius 1 is 1.10 bits per heavy atom. The predicted molar refractivity (Wildman–Crippen MR) is 155 cm³/mol. The molecule has 11 heteroatoms. The summed E-state index contributed by atoms with van der Waals surface area (Å²) < 4.78 is 6.15. The van der Waals surface area contributed by atoms with E-state index in [4.69, 9.17) is 4.74 Å². The van der Waals surface area contributed by atoms with Gasteiger partial charge in [-0.1, -0.05) is 33.1 Å². The minimum Gasteiger partial charge on any atom is -0.376 e. The molecule has 1 spiro atoms. The summed E-state index contributed by atoms with van der Waals surface area (Å²) >= 11 is 1.30. The molecule has 4 amide bonds. The number of hydrogen-bond acceptors (Lipinski definition) is 7. The molecular weight excluding hydrogens is 542 g/mol. The van der Waals surface area contributed by atoms with Gasteiger partial charge in [0.15, 0.2) is 0 Å². The van der Waals surface area contributed by atoms with Gasteiger partial charge < -0.3 is 25.2 Å². The Morgan fingerprint density at radius 3 is 2.34 bits per heavy atom. The van der Waals surface area contributed by atoms with Gasteiger partial charge in [0, 0.05) is 51.2 Å². The number of thiazole rings is 1. The lowest BCUT2D eigenvalue weighted by atomic mass is 9.70. The maximum Gasteiger partial charge on any atom is 0.265 e. The second-order valence-corrected chi connectivity index (χ2v) is 14.3. The van der Waals surface area contributed by atoms with Gasteiger partial charge in [0.1, 0.15) is 10.9 Å². The highest BCUT2D eigenvalue weighted by atomic mass is 32.1. The van der Waals surface area contributed by atoms with Crippen LogP contribution in [0.4, 0.5) is 0 Å². The highest BCUT2D eigenvalue weighted by molar-refractivity contribution is 7.11. The Balaban J connectivity index is 1.30. The van der Waals surface area contributed by atoms with E-state index in [2.05, 4.69) is 29.5 Å². The fraction of sp³-hybridized carbons (Fsp3) is 0.767. The van der Waals surface area contributed by atoms with Gasteiger partial charge in [-0.15, -0.1) is 11.3 Å². The third-order valence-electron chi connectivity index (χ3n) is 9.94. The van der Waals surface area contributed by atoms with E-state index in [1.54, 1.807) is 17.5 Å². The largest absolute Gasteiger partial charge is 0.376 e. The number of hydrogen-bond donors (Lipinski definition) is 2. The SMILES string of the molecule is CNC(=O)[C@@H](NC(=O)[C@H]1CN(C(=O)c2scnc2C)CC12CN(C(=O)[C@H]1CC1(C)C)C2)[C@@H](C)OCC1CCCCC1. The highest BCUT2D eigenvalue weighted by Gasteiger charge is 2.62. The van der Waals surface area contributed by atoms with Crippen molar-refractivity contribution in [3.8, 4) is 0 Å². The van der Waals surface area contributed by atoms with Gasteiger partial charge >= 0.3 is 0 Å². The first kappa shape index (κ1) is 29.9. The van der Waals surface area contributed by atoms with Crippen molar-refractivity contribution in [1.82, 2.24) is 25.4 Å². The summed E-state index contributed by atoms with van der Waals surface area (Å²) in [4.78, 5) is 61.8. The van der Waals surface area contributed by atoms with Crippen LogP contribution < -0.4 is 10.6 Å². The van der Waals surface area contributed by atoms with E-state index in [0.717, 1.165) is 19.3 Å². The third-order valence-corrected chi connectivity index (χ3v) is 10.9. The van der Waals surface area contributed by atoms with Crippen LogP contribution in [0, 0.1) is 35.5 Å². The maximum atomic E-state index is 13.9. The van der Waals surface area contributed by atoms with Gasteiger partial charge in [0.25, 0.3) is 5.91 Å². The summed E-state index contributed by atoms with van der Waals surface area (Å²) in [7, 11) is 1.55. The standard InChI is InChI=1S/C30H45N5O5S/c1-18-24(41-17-32-18)28(39)34-12-22(30(14-34)15-35(16-30)27(38)21-11-29(21,3)4)25(36)33-23(26(37)31-5)19(2)40-13-20-9-7-6-8-10-20/h17,19-23H,6-16H2,1-5H3,(H,31,37)(H,33,36)/t19-,21-,22-,23+/m1/s1. The van der Waals surface area contributed by atoms with Gasteiger partial charge in [-0.25, -0.2) is 4.98 Å². The van der Waals surface area contributed by atoms with Crippen LogP contribution in [0.5, 0.6) is 0 Å². The van der Waals surface area contributed by atoms with E-state index in [9.17, 15) is 19.2 Å². The van der Waals surface area contributed by atoms with E-state index in [0.29, 0.717) is 42.7 Å². The first-order chi connectivity index (χ1) is 19.5. The molecule has 2 aliphatic heterocycles. The molecule has 4 fully saturated rings. The average Bonchev–Trinajstić information content (AvgIpc) is 3.24. The number of rotatable bonds is 9. The maximum absolute atomic E-state index is 13.9. The number of nitrogens with one attached hydrogen (secondary N) is 2. The fourth-order valence-electron chi connectivity index (χ4n) is 6.98. The van der Waals surface area contributed by atoms with E-state index in [-0.39, 0.29) is 41.5 Å². The van der Waals surface area contributed by atoms with Crippen molar-refractivity contribution in [2.75, 3.05) is 39.8 Å². The van der Waals surface area contributed by atoms with Crippen molar-refractivity contribution < 1.29 is 23.9 Å². The van der Waals surface area contributed by atoms with Crippen LogP contribution in [-0.2, 0) is 19.1 Å². The summed E-state index contributed by atoms with van der Waals surface area (Å²) in [6.07, 6.45) is 6.30. The van der Waals surface area contributed by atoms with Gasteiger partial charge in [-0.2, -0.15) is 0 Å². The van der Waals surface area contributed by atoms with Crippen LogP contribution in [0.1, 0.15) is 74.7 Å². The van der Waals surface area contributed by atoms with Gasteiger partial charge in [0.05, 0.1) is 23.2 Å². The second kappa shape index (κ2) is 11.6. The monoisotopic (exact) mass is 587 g/mol. The number of aryl methyl sites for hydroxylation is 1. The second-order valence-electron chi connectivity index (χ2n) is 13.5. The van der Waals surface area contributed by atoms with Crippen molar-refractivity contribution in [1.29, 1.82) is 0 Å². The first-order valence-electron chi connectivity index (χ1n) is 15.1. The molecule has 1 aromatic heterocycles. The summed E-state index contributed by atoms with van der Waals surface area (Å²) in [5.74, 6) is -0.636. The summed E-state index contributed by atoms with van der Waals surface area (Å²) in [6.45, 7) is 9.90. The quantitative estimate of drug-likeness (QED) is 0.458. The van der Waals surface area contributed by atoms with Crippen molar-refractivity contribution in [3.63, 3.8) is 0 Å². The van der Waals surface area contributed by atoms with E-state index >= 15 is 0 Å². The summed E-state index contributed by atoms with van der Waals surface area (Å²) in [5.41, 5.74) is 1.80. The van der Waals surface area contributed by atoms with Gasteiger partial charge in [0.2, 0.25) is 17.7 Å². The number of nitrogens with zero attached hydrogens (tertiary/aromatic N) is 3. The lowest BCUT2D eigenvalue weighted by Crippen LogP contribution is -2.65. The Kier molecular flexibility index (Phi) is 8.49. The van der Waals surface area contributed by atoms with Crippen molar-refractivity contribution in [3.05, 3.63) is 16.1 Å². The van der Waals surface area contributed by atoms with Crippen LogP contribution in [0.25, 0.3) is 0 Å². The van der Waals surface area contributed by atoms with Crippen LogP contribution in [-0.4, -0.2) is 90.4 Å². The Morgan fingerprint density at radius 2 is 1.76 bits per heavy atom. The minimum absolute atomic E-state index is 0.0194. The summed E-state index contributed by atoms with van der Waals surface area (Å²) in [5, 5.41) is 5.66. The third kappa shape index (κ3) is 6.02. The van der Waals surface area contributed by atoms with Crippen LogP contribution in [0.15, 0.2) is 5.51 Å². The predicted octanol–water partition coefficient (Wildman–Crippen LogP) is 2.61. The number of amides is 4. The molecule has 2 aliphatic carbocycles. The molecule has 0 aromatic carbocycles. The number of carbonyl (C=O) groups excluding carboxylic acids is 4. The molecule has 5 rings (SSSR count). The zero-order valence-corrected chi connectivity index (χ0v) is 25.8. The smallest absolute Gasteiger partial charge is 0.265 e. The van der Waals surface area contributed by atoms with E-state index < -0.39 is 23.5 Å². The van der Waals surface area contributed by atoms with E-state index in [1.165, 1.54) is 30.6 Å². The molecule has 2 N–H and O–H groups in total. The zero-order valence-electron chi connectivity index (χ0n) is 25.0. The molecule has 4 aliphatic rings. The highest BCUT2D eigenvalue weighted by Crippen LogP contribution is 2.54. The average molecular weight is 588 g/mol. The molecule has 4 atom stereocenters. The number of ether oxygens (including phenoxy) is 1. The fourth-order valence-corrected chi connectivity index (χ4v) is 7.75. The molecule has 1 aromatic rings. The number of likely N-dealkylation sites (N-methyl/N-ethyl adjacent to an activating group) is 1. The molecule has 226 valence electrons. The molecule has 2 saturated carbocycles. The number of likely N-dealkylation sites (tertiary alicyclic amines) is 2. The molecule has 0 bridgehead atoms. The topological polar surface area (TPSA) is 121 Å². The van der Waals surface area contributed by atoms with Crippen LogP contribution >= 0.6 is 11.3 Å². The Hall–Kier alpha value is -2.53. The molecule has 10 nitrogen and oxygen atoms in total. The molecule has 2 saturated heterocycles. The lowest BCUT2D eigenvalue weighted by Gasteiger charge is -2.50. The number of carbonyl (C=O) groups is 4. The van der Waals surface area contributed by atoms with Crippen LogP contribution in [0.2, 0.25) is 0 Å². The molecule has 41 heavy (non-hydrogen) atoms.